The van der Waals surface area contributed by atoms with Crippen LogP contribution in [0.2, 0.25) is 0 Å². The lowest BCUT2D eigenvalue weighted by Crippen LogP contribution is -2.38. The molecule has 0 heterocycles. The lowest BCUT2D eigenvalue weighted by Gasteiger charge is -2.20. The average Bonchev–Trinajstić information content (AvgIpc) is 2.37. The van der Waals surface area contributed by atoms with Crippen LogP contribution in [0.3, 0.4) is 0 Å². The molecule has 1 amide bonds. The molecule has 0 spiro atoms. The van der Waals surface area contributed by atoms with Crippen molar-refractivity contribution in [1.82, 2.24) is 10.2 Å². The van der Waals surface area contributed by atoms with Crippen molar-refractivity contribution >= 4 is 5.91 Å². The fraction of sp³-hybridized carbons (Fsp3) is 0.562. The van der Waals surface area contributed by atoms with Crippen LogP contribution in [0, 0.1) is 0 Å². The van der Waals surface area contributed by atoms with Crippen molar-refractivity contribution in [2.24, 2.45) is 0 Å². The van der Waals surface area contributed by atoms with Gasteiger partial charge < -0.3 is 15.0 Å². The smallest absolute Gasteiger partial charge is 0.224 e. The number of hydrogen-bond donors (Lipinski definition) is 1. The highest BCUT2D eigenvalue weighted by Gasteiger charge is 2.11. The first kappa shape index (κ1) is 16.5. The van der Waals surface area contributed by atoms with Gasteiger partial charge in [0.15, 0.2) is 0 Å². The van der Waals surface area contributed by atoms with Gasteiger partial charge in [-0.25, -0.2) is 0 Å². The maximum absolute atomic E-state index is 12.0. The van der Waals surface area contributed by atoms with Crippen LogP contribution in [-0.4, -0.2) is 43.6 Å². The van der Waals surface area contributed by atoms with Gasteiger partial charge in [-0.1, -0.05) is 18.2 Å². The minimum atomic E-state index is 0.0264. The van der Waals surface area contributed by atoms with E-state index in [-0.39, 0.29) is 12.0 Å². The van der Waals surface area contributed by atoms with E-state index in [0.717, 1.165) is 11.3 Å². The van der Waals surface area contributed by atoms with Crippen molar-refractivity contribution in [3.63, 3.8) is 0 Å². The highest BCUT2D eigenvalue weighted by atomic mass is 16.5. The topological polar surface area (TPSA) is 41.6 Å². The van der Waals surface area contributed by atoms with Gasteiger partial charge in [0.1, 0.15) is 5.75 Å². The maximum atomic E-state index is 12.0. The molecule has 0 aliphatic heterocycles. The molecular weight excluding hydrogens is 252 g/mol. The second-order valence-electron chi connectivity index (χ2n) is 5.57. The number of rotatable bonds is 7. The van der Waals surface area contributed by atoms with E-state index in [9.17, 15) is 4.79 Å². The number of nitrogens with zero attached hydrogens (tertiary/aromatic N) is 1. The SMILES string of the molecule is CC(C)Oc1ccccc1CC(=O)NCC(C)N(C)C. The van der Waals surface area contributed by atoms with Crippen LogP contribution in [0.1, 0.15) is 26.3 Å². The summed E-state index contributed by atoms with van der Waals surface area (Å²) >= 11 is 0. The van der Waals surface area contributed by atoms with E-state index in [1.54, 1.807) is 0 Å². The number of amides is 1. The summed E-state index contributed by atoms with van der Waals surface area (Å²) in [6.45, 7) is 6.69. The molecule has 0 aliphatic rings. The first-order valence-electron chi connectivity index (χ1n) is 7.07. The Balaban J connectivity index is 2.57. The van der Waals surface area contributed by atoms with Crippen LogP contribution >= 0.6 is 0 Å². The van der Waals surface area contributed by atoms with E-state index in [1.807, 2.05) is 52.2 Å². The zero-order valence-corrected chi connectivity index (χ0v) is 13.1. The summed E-state index contributed by atoms with van der Waals surface area (Å²) < 4.78 is 5.72. The van der Waals surface area contributed by atoms with Gasteiger partial charge in [0, 0.05) is 18.2 Å². The largest absolute Gasteiger partial charge is 0.491 e. The summed E-state index contributed by atoms with van der Waals surface area (Å²) in [5.41, 5.74) is 0.927. The first-order valence-corrected chi connectivity index (χ1v) is 7.07. The second kappa shape index (κ2) is 7.90. The Kier molecular flexibility index (Phi) is 6.52. The quantitative estimate of drug-likeness (QED) is 0.830. The predicted molar refractivity (Wildman–Crippen MR) is 82.1 cm³/mol. The van der Waals surface area contributed by atoms with Gasteiger partial charge in [-0.2, -0.15) is 0 Å². The third-order valence-corrected chi connectivity index (χ3v) is 3.16. The molecule has 0 bridgehead atoms. The molecule has 0 saturated heterocycles. The fourth-order valence-corrected chi connectivity index (χ4v) is 1.70. The second-order valence-corrected chi connectivity index (χ2v) is 5.57. The van der Waals surface area contributed by atoms with E-state index in [2.05, 4.69) is 17.1 Å². The van der Waals surface area contributed by atoms with Crippen molar-refractivity contribution in [2.45, 2.75) is 39.3 Å². The van der Waals surface area contributed by atoms with Crippen LogP contribution in [0.25, 0.3) is 0 Å². The summed E-state index contributed by atoms with van der Waals surface area (Å²) in [6, 6.07) is 8.02. The van der Waals surface area contributed by atoms with E-state index in [1.165, 1.54) is 0 Å². The van der Waals surface area contributed by atoms with Gasteiger partial charge in [-0.05, 0) is 40.9 Å². The number of carbonyl (C=O) groups is 1. The van der Waals surface area contributed by atoms with Crippen molar-refractivity contribution in [3.8, 4) is 5.75 Å². The third-order valence-electron chi connectivity index (χ3n) is 3.16. The molecule has 1 rings (SSSR count). The van der Waals surface area contributed by atoms with Gasteiger partial charge in [0.2, 0.25) is 5.91 Å². The molecule has 4 heteroatoms. The van der Waals surface area contributed by atoms with Gasteiger partial charge in [0.05, 0.1) is 12.5 Å². The maximum Gasteiger partial charge on any atom is 0.224 e. The molecule has 112 valence electrons. The Hall–Kier alpha value is -1.55. The van der Waals surface area contributed by atoms with Gasteiger partial charge in [-0.15, -0.1) is 0 Å². The summed E-state index contributed by atoms with van der Waals surface area (Å²) in [5, 5.41) is 2.96. The van der Waals surface area contributed by atoms with Gasteiger partial charge >= 0.3 is 0 Å². The Morgan fingerprint density at radius 2 is 1.90 bits per heavy atom. The van der Waals surface area contributed by atoms with E-state index < -0.39 is 0 Å². The van der Waals surface area contributed by atoms with Crippen LogP contribution < -0.4 is 10.1 Å². The Labute approximate surface area is 122 Å². The number of nitrogens with one attached hydrogen (secondary N) is 1. The molecule has 20 heavy (non-hydrogen) atoms. The van der Waals surface area contributed by atoms with Crippen molar-refractivity contribution in [1.29, 1.82) is 0 Å². The van der Waals surface area contributed by atoms with E-state index in [0.29, 0.717) is 19.0 Å². The molecular formula is C16H26N2O2. The predicted octanol–water partition coefficient (Wildman–Crippen LogP) is 2.08. The molecule has 0 saturated carbocycles. The highest BCUT2D eigenvalue weighted by molar-refractivity contribution is 5.79. The minimum absolute atomic E-state index is 0.0264. The molecule has 1 atom stereocenters. The molecule has 4 nitrogen and oxygen atoms in total. The van der Waals surface area contributed by atoms with Gasteiger partial charge in [-0.3, -0.25) is 4.79 Å². The Bertz CT molecular complexity index is 430. The molecule has 1 unspecified atom stereocenters. The molecule has 0 aromatic heterocycles. The molecule has 1 aromatic rings. The Morgan fingerprint density at radius 1 is 1.25 bits per heavy atom. The molecule has 0 radical (unpaired) electrons. The standard InChI is InChI=1S/C16H26N2O2/c1-12(2)20-15-9-7-6-8-14(15)10-16(19)17-11-13(3)18(4)5/h6-9,12-13H,10-11H2,1-5H3,(H,17,19). The van der Waals surface area contributed by atoms with Crippen LogP contribution in [0.4, 0.5) is 0 Å². The highest BCUT2D eigenvalue weighted by Crippen LogP contribution is 2.19. The zero-order valence-electron chi connectivity index (χ0n) is 13.1. The lowest BCUT2D eigenvalue weighted by molar-refractivity contribution is -0.120. The zero-order chi connectivity index (χ0) is 15.1. The number of benzene rings is 1. The number of likely N-dealkylation sites (N-methyl/N-ethyl adjacent to an activating group) is 1. The normalized spacial score (nSPS) is 12.6. The van der Waals surface area contributed by atoms with E-state index >= 15 is 0 Å². The van der Waals surface area contributed by atoms with Crippen LogP contribution in [0.15, 0.2) is 24.3 Å². The summed E-state index contributed by atoms with van der Waals surface area (Å²) in [5.74, 6) is 0.816. The summed E-state index contributed by atoms with van der Waals surface area (Å²) in [6.07, 6.45) is 0.455. The molecule has 1 aromatic carbocycles. The first-order chi connectivity index (χ1) is 9.40. The minimum Gasteiger partial charge on any atom is -0.491 e. The third kappa shape index (κ3) is 5.61. The number of carbonyl (C=O) groups excluding carboxylic acids is 1. The van der Waals surface area contributed by atoms with Crippen LogP contribution in [-0.2, 0) is 11.2 Å². The fourth-order valence-electron chi connectivity index (χ4n) is 1.70. The van der Waals surface area contributed by atoms with Crippen molar-refractivity contribution in [2.75, 3.05) is 20.6 Å². The van der Waals surface area contributed by atoms with Crippen LogP contribution in [0.5, 0.6) is 5.75 Å². The Morgan fingerprint density at radius 3 is 2.50 bits per heavy atom. The number of para-hydroxylation sites is 1. The van der Waals surface area contributed by atoms with Crippen molar-refractivity contribution < 1.29 is 9.53 Å². The average molecular weight is 278 g/mol. The van der Waals surface area contributed by atoms with E-state index in [4.69, 9.17) is 4.74 Å². The number of hydrogen-bond acceptors (Lipinski definition) is 3. The summed E-state index contributed by atoms with van der Waals surface area (Å²) in [4.78, 5) is 14.1. The number of ether oxygens (including phenoxy) is 1. The van der Waals surface area contributed by atoms with Gasteiger partial charge in [0.25, 0.3) is 0 Å². The molecule has 0 aliphatic carbocycles. The molecule has 1 N–H and O–H groups in total. The lowest BCUT2D eigenvalue weighted by atomic mass is 10.1. The molecule has 0 fully saturated rings. The summed E-state index contributed by atoms with van der Waals surface area (Å²) in [7, 11) is 4.01. The van der Waals surface area contributed by atoms with Crippen molar-refractivity contribution in [3.05, 3.63) is 29.8 Å². The monoisotopic (exact) mass is 278 g/mol.